The van der Waals surface area contributed by atoms with Crippen LogP contribution in [-0.2, 0) is 11.4 Å². The summed E-state index contributed by atoms with van der Waals surface area (Å²) in [6.07, 6.45) is 1.73. The third kappa shape index (κ3) is 10.8. The van der Waals surface area contributed by atoms with Gasteiger partial charge in [0.1, 0.15) is 18.6 Å². The minimum atomic E-state index is -4.26. The number of rotatable bonds is 7. The van der Waals surface area contributed by atoms with Crippen molar-refractivity contribution >= 4 is 17.7 Å². The molecule has 1 unspecified atom stereocenters. The van der Waals surface area contributed by atoms with E-state index in [0.29, 0.717) is 41.4 Å². The van der Waals surface area contributed by atoms with E-state index in [-0.39, 0.29) is 6.42 Å². The van der Waals surface area contributed by atoms with E-state index in [1.165, 1.54) is 12.1 Å². The minimum Gasteiger partial charge on any atom is -0.486 e. The van der Waals surface area contributed by atoms with Crippen molar-refractivity contribution in [3.05, 3.63) is 88.7 Å². The van der Waals surface area contributed by atoms with Crippen molar-refractivity contribution in [2.45, 2.75) is 46.1 Å². The van der Waals surface area contributed by atoms with Gasteiger partial charge in [-0.2, -0.15) is 18.4 Å². The lowest BCUT2D eigenvalue weighted by molar-refractivity contribution is -0.109. The van der Waals surface area contributed by atoms with Crippen LogP contribution in [0, 0.1) is 11.3 Å². The van der Waals surface area contributed by atoms with E-state index >= 15 is 0 Å². The van der Waals surface area contributed by atoms with Crippen molar-refractivity contribution in [2.24, 2.45) is 0 Å². The first-order chi connectivity index (χ1) is 20.5. The standard InChI is InChI=1S/C16H17N3O2.C14H17F3N2O.C2H6/c1-10(20)14-6-12(8-17)7-15(19)16(14)21-9-11-2-4-13(18)5-3-11;15-14(16,17)12-2-1-3-13(5-4-12)19-8-6-18(7-9-19)10-11-20;1-2/h2-7,10,20H,9,18-19H2,1H3;1,3-5,11H,2,6-10H2;1-2H3. The molecule has 0 spiro atoms. The molecule has 0 amide bonds. The summed E-state index contributed by atoms with van der Waals surface area (Å²) in [5.41, 5.74) is 14.7. The van der Waals surface area contributed by atoms with Gasteiger partial charge < -0.3 is 31.0 Å². The van der Waals surface area contributed by atoms with Crippen LogP contribution >= 0.6 is 0 Å². The van der Waals surface area contributed by atoms with Crippen LogP contribution < -0.4 is 16.2 Å². The molecule has 1 saturated heterocycles. The number of aliphatic hydroxyl groups excluding tert-OH is 1. The summed E-state index contributed by atoms with van der Waals surface area (Å²) >= 11 is 0. The molecular weight excluding hydrogens is 559 g/mol. The summed E-state index contributed by atoms with van der Waals surface area (Å²) in [6, 6.07) is 12.4. The maximum absolute atomic E-state index is 12.6. The number of nitrogens with zero attached hydrogens (tertiary/aromatic N) is 3. The van der Waals surface area contributed by atoms with Crippen LogP contribution in [0.4, 0.5) is 24.5 Å². The number of hydrogen-bond donors (Lipinski definition) is 3. The summed E-state index contributed by atoms with van der Waals surface area (Å²) < 4.78 is 43.6. The highest BCUT2D eigenvalue weighted by atomic mass is 19.4. The number of carbonyl (C=O) groups excluding carboxylic acids is 1. The highest BCUT2D eigenvalue weighted by Crippen LogP contribution is 2.33. The largest absolute Gasteiger partial charge is 0.486 e. The molecule has 1 aliphatic heterocycles. The highest BCUT2D eigenvalue weighted by Gasteiger charge is 2.32. The molecule has 232 valence electrons. The van der Waals surface area contributed by atoms with E-state index in [1.807, 2.05) is 41.8 Å². The summed E-state index contributed by atoms with van der Waals surface area (Å²) in [6.45, 7) is 9.26. The molecule has 11 heteroatoms. The topological polar surface area (TPSA) is 129 Å². The minimum absolute atomic E-state index is 0.0887. The van der Waals surface area contributed by atoms with E-state index in [4.69, 9.17) is 21.5 Å². The molecule has 1 heterocycles. The molecule has 0 radical (unpaired) electrons. The third-order valence-electron chi connectivity index (χ3n) is 6.60. The molecule has 1 aliphatic carbocycles. The molecule has 2 aliphatic rings. The second kappa shape index (κ2) is 17.0. The third-order valence-corrected chi connectivity index (χ3v) is 6.60. The highest BCUT2D eigenvalue weighted by molar-refractivity contribution is 5.61. The van der Waals surface area contributed by atoms with Gasteiger partial charge >= 0.3 is 6.18 Å². The molecule has 43 heavy (non-hydrogen) atoms. The number of hydrogen-bond acceptors (Lipinski definition) is 8. The number of aliphatic hydroxyl groups is 1. The fraction of sp³-hybridized carbons (Fsp3) is 0.375. The first kappa shape index (κ1) is 34.9. The number of halogens is 3. The van der Waals surface area contributed by atoms with Crippen LogP contribution in [0.25, 0.3) is 0 Å². The van der Waals surface area contributed by atoms with Crippen molar-refractivity contribution < 1.29 is 27.8 Å². The SMILES string of the molecule is CC.CC(O)c1cc(C#N)cc(N)c1OCc1ccc(N)cc1.O=CCN1CCN(C2=CC=C(C(F)(F)F)CC=C2)CC1. The van der Waals surface area contributed by atoms with Gasteiger partial charge in [0, 0.05) is 48.7 Å². The Balaban J connectivity index is 0.000000284. The van der Waals surface area contributed by atoms with Gasteiger partial charge in [0.05, 0.1) is 30.0 Å². The molecule has 0 bridgehead atoms. The lowest BCUT2D eigenvalue weighted by atomic mass is 10.0. The summed E-state index contributed by atoms with van der Waals surface area (Å²) in [7, 11) is 0. The number of nitriles is 1. The average molecular weight is 600 g/mol. The fourth-order valence-corrected chi connectivity index (χ4v) is 4.32. The van der Waals surface area contributed by atoms with Crippen LogP contribution in [0.1, 0.15) is 50.0 Å². The smallest absolute Gasteiger partial charge is 0.412 e. The number of ether oxygens (including phenoxy) is 1. The van der Waals surface area contributed by atoms with E-state index in [9.17, 15) is 23.1 Å². The first-order valence-electron chi connectivity index (χ1n) is 14.1. The zero-order valence-corrected chi connectivity index (χ0v) is 24.8. The Morgan fingerprint density at radius 1 is 1.09 bits per heavy atom. The van der Waals surface area contributed by atoms with E-state index in [2.05, 4.69) is 0 Å². The molecule has 8 nitrogen and oxygen atoms in total. The molecule has 4 rings (SSSR count). The molecule has 2 aromatic carbocycles. The van der Waals surface area contributed by atoms with Crippen LogP contribution in [0.3, 0.4) is 0 Å². The van der Waals surface area contributed by atoms with Gasteiger partial charge in [-0.15, -0.1) is 0 Å². The molecule has 2 aromatic rings. The molecule has 5 N–H and O–H groups in total. The number of piperazine rings is 1. The maximum Gasteiger partial charge on any atom is 0.412 e. The van der Waals surface area contributed by atoms with Crippen molar-refractivity contribution in [3.8, 4) is 11.8 Å². The summed E-state index contributed by atoms with van der Waals surface area (Å²) in [5, 5.41) is 18.8. The Morgan fingerprint density at radius 2 is 1.74 bits per heavy atom. The summed E-state index contributed by atoms with van der Waals surface area (Å²) in [4.78, 5) is 14.5. The number of alkyl halides is 3. The van der Waals surface area contributed by atoms with Gasteiger partial charge in [-0.3, -0.25) is 4.90 Å². The Morgan fingerprint density at radius 3 is 2.30 bits per heavy atom. The Kier molecular flexibility index (Phi) is 13.8. The lowest BCUT2D eigenvalue weighted by Gasteiger charge is -2.35. The van der Waals surface area contributed by atoms with Crippen molar-refractivity contribution in [2.75, 3.05) is 44.2 Å². The Labute approximate surface area is 251 Å². The molecule has 0 aromatic heterocycles. The summed E-state index contributed by atoms with van der Waals surface area (Å²) in [5.74, 6) is 0.404. The van der Waals surface area contributed by atoms with Crippen LogP contribution in [0.5, 0.6) is 5.75 Å². The van der Waals surface area contributed by atoms with E-state index < -0.39 is 17.9 Å². The van der Waals surface area contributed by atoms with Gasteiger partial charge in [0.25, 0.3) is 0 Å². The van der Waals surface area contributed by atoms with Crippen LogP contribution in [0.2, 0.25) is 0 Å². The van der Waals surface area contributed by atoms with Gasteiger partial charge in [-0.25, -0.2) is 0 Å². The Bertz CT molecular complexity index is 1320. The van der Waals surface area contributed by atoms with Gasteiger partial charge in [-0.1, -0.05) is 38.1 Å². The van der Waals surface area contributed by atoms with E-state index in [0.717, 1.165) is 49.8 Å². The van der Waals surface area contributed by atoms with Crippen molar-refractivity contribution in [1.29, 1.82) is 5.26 Å². The number of anilines is 2. The van der Waals surface area contributed by atoms with E-state index in [1.54, 1.807) is 37.3 Å². The number of nitrogen functional groups attached to an aromatic ring is 2. The zero-order valence-electron chi connectivity index (χ0n) is 24.8. The van der Waals surface area contributed by atoms with Crippen molar-refractivity contribution in [1.82, 2.24) is 9.80 Å². The molecule has 1 fully saturated rings. The zero-order chi connectivity index (χ0) is 32.0. The quantitative estimate of drug-likeness (QED) is 0.281. The molecular formula is C32H40F3N5O3. The predicted octanol–water partition coefficient (Wildman–Crippen LogP) is 5.52. The number of allylic oxidation sites excluding steroid dienone is 5. The number of nitrogens with two attached hydrogens (primary N) is 2. The Hall–Kier alpha value is -4.27. The second-order valence-corrected chi connectivity index (χ2v) is 9.64. The molecule has 1 atom stereocenters. The van der Waals surface area contributed by atoms with Crippen LogP contribution in [0.15, 0.2) is 72.0 Å². The lowest BCUT2D eigenvalue weighted by Crippen LogP contribution is -2.46. The monoisotopic (exact) mass is 599 g/mol. The first-order valence-corrected chi connectivity index (χ1v) is 14.1. The number of carbonyl (C=O) groups is 1. The average Bonchev–Trinajstić information content (AvgIpc) is 3.26. The van der Waals surface area contributed by atoms with Gasteiger partial charge in [0.15, 0.2) is 0 Å². The molecule has 0 saturated carbocycles. The normalized spacial score (nSPS) is 15.7. The fourth-order valence-electron chi connectivity index (χ4n) is 4.32. The predicted molar refractivity (Wildman–Crippen MR) is 163 cm³/mol. The van der Waals surface area contributed by atoms with Crippen molar-refractivity contribution in [3.63, 3.8) is 0 Å². The van der Waals surface area contributed by atoms with Gasteiger partial charge in [0.2, 0.25) is 0 Å². The second-order valence-electron chi connectivity index (χ2n) is 9.64. The number of benzene rings is 2. The van der Waals surface area contributed by atoms with Crippen LogP contribution in [-0.4, -0.2) is 60.1 Å². The number of aldehydes is 1. The maximum atomic E-state index is 12.6. The van der Waals surface area contributed by atoms with Gasteiger partial charge in [-0.05, 0) is 55.3 Å².